The molecule has 90 valence electrons. The van der Waals surface area contributed by atoms with Gasteiger partial charge >= 0.3 is 12.1 Å². The van der Waals surface area contributed by atoms with Crippen molar-refractivity contribution in [3.8, 4) is 0 Å². The molecule has 0 unspecified atom stereocenters. The fourth-order valence-electron chi connectivity index (χ4n) is 1.62. The molecule has 1 amide bonds. The van der Waals surface area contributed by atoms with Crippen LogP contribution in [-0.2, 0) is 9.53 Å². The minimum absolute atomic E-state index is 0.103. The Morgan fingerprint density at radius 2 is 2.38 bits per heavy atom. The van der Waals surface area contributed by atoms with Crippen molar-refractivity contribution in [2.45, 2.75) is 17.7 Å². The van der Waals surface area contributed by atoms with Gasteiger partial charge in [0.15, 0.2) is 0 Å². The average molecular weight is 245 g/mol. The second kappa shape index (κ2) is 5.79. The van der Waals surface area contributed by atoms with Crippen molar-refractivity contribution in [3.05, 3.63) is 12.7 Å². The van der Waals surface area contributed by atoms with Crippen LogP contribution < -0.4 is 0 Å². The second-order valence-electron chi connectivity index (χ2n) is 3.47. The van der Waals surface area contributed by atoms with E-state index in [-0.39, 0.29) is 11.9 Å². The Kier molecular flexibility index (Phi) is 4.67. The number of carbonyl (C=O) groups excluding carboxylic acids is 1. The highest BCUT2D eigenvalue weighted by molar-refractivity contribution is 7.99. The summed E-state index contributed by atoms with van der Waals surface area (Å²) in [6.45, 7) is 3.96. The van der Waals surface area contributed by atoms with Gasteiger partial charge in [-0.1, -0.05) is 12.7 Å². The number of thioether (sulfide) groups is 1. The van der Waals surface area contributed by atoms with E-state index in [0.29, 0.717) is 13.0 Å². The summed E-state index contributed by atoms with van der Waals surface area (Å²) in [5.41, 5.74) is 0. The SMILES string of the molecule is C=CCOC(=O)N1C[C@H](SC)C[C@H]1C(=O)O. The molecule has 2 atom stereocenters. The summed E-state index contributed by atoms with van der Waals surface area (Å²) in [6.07, 6.45) is 3.25. The lowest BCUT2D eigenvalue weighted by Gasteiger charge is -2.20. The van der Waals surface area contributed by atoms with Crippen molar-refractivity contribution in [1.29, 1.82) is 0 Å². The van der Waals surface area contributed by atoms with Crippen molar-refractivity contribution in [1.82, 2.24) is 4.90 Å². The van der Waals surface area contributed by atoms with Crippen LogP contribution in [0.4, 0.5) is 4.79 Å². The van der Waals surface area contributed by atoms with Crippen LogP contribution in [0.25, 0.3) is 0 Å². The number of aliphatic carboxylic acids is 1. The summed E-state index contributed by atoms with van der Waals surface area (Å²) in [6, 6.07) is -0.769. The third-order valence-corrected chi connectivity index (χ3v) is 3.45. The van der Waals surface area contributed by atoms with Crippen LogP contribution in [0.3, 0.4) is 0 Å². The van der Waals surface area contributed by atoms with Gasteiger partial charge in [-0.2, -0.15) is 11.8 Å². The van der Waals surface area contributed by atoms with E-state index in [0.717, 1.165) is 0 Å². The van der Waals surface area contributed by atoms with E-state index in [2.05, 4.69) is 6.58 Å². The molecule has 16 heavy (non-hydrogen) atoms. The number of carbonyl (C=O) groups is 2. The number of likely N-dealkylation sites (tertiary alicyclic amines) is 1. The molecule has 0 saturated carbocycles. The maximum Gasteiger partial charge on any atom is 0.410 e. The Morgan fingerprint density at radius 1 is 1.69 bits per heavy atom. The van der Waals surface area contributed by atoms with Gasteiger partial charge in [0.1, 0.15) is 12.6 Å². The van der Waals surface area contributed by atoms with Gasteiger partial charge in [-0.15, -0.1) is 0 Å². The first kappa shape index (κ1) is 12.9. The zero-order valence-electron chi connectivity index (χ0n) is 9.09. The van der Waals surface area contributed by atoms with Gasteiger partial charge in [-0.25, -0.2) is 9.59 Å². The third kappa shape index (κ3) is 2.91. The van der Waals surface area contributed by atoms with Crippen molar-refractivity contribution < 1.29 is 19.4 Å². The normalized spacial score (nSPS) is 24.2. The van der Waals surface area contributed by atoms with E-state index in [1.165, 1.54) is 11.0 Å². The van der Waals surface area contributed by atoms with E-state index >= 15 is 0 Å². The van der Waals surface area contributed by atoms with Gasteiger partial charge in [-0.3, -0.25) is 4.90 Å². The molecule has 0 spiro atoms. The first-order valence-electron chi connectivity index (χ1n) is 4.90. The Bertz CT molecular complexity index is 295. The Hall–Kier alpha value is -1.17. The predicted molar refractivity (Wildman–Crippen MR) is 61.6 cm³/mol. The molecule has 1 rings (SSSR count). The summed E-state index contributed by atoms with van der Waals surface area (Å²) in [4.78, 5) is 23.8. The van der Waals surface area contributed by atoms with Crippen molar-refractivity contribution in [2.24, 2.45) is 0 Å². The number of carboxylic acid groups (broad SMARTS) is 1. The van der Waals surface area contributed by atoms with Gasteiger partial charge in [0.05, 0.1) is 0 Å². The monoisotopic (exact) mass is 245 g/mol. The topological polar surface area (TPSA) is 66.8 Å². The number of rotatable bonds is 4. The second-order valence-corrected chi connectivity index (χ2v) is 4.60. The Morgan fingerprint density at radius 3 is 2.88 bits per heavy atom. The number of hydrogen-bond donors (Lipinski definition) is 1. The van der Waals surface area contributed by atoms with Crippen LogP contribution >= 0.6 is 11.8 Å². The standard InChI is InChI=1S/C10H15NO4S/c1-3-4-15-10(14)11-6-7(16-2)5-8(11)9(12)13/h3,7-8H,1,4-6H2,2H3,(H,12,13)/t7-,8+/m1/s1. The molecule has 0 bridgehead atoms. The number of hydrogen-bond acceptors (Lipinski definition) is 4. The largest absolute Gasteiger partial charge is 0.480 e. The van der Waals surface area contributed by atoms with Crippen LogP contribution in [0, 0.1) is 0 Å². The lowest BCUT2D eigenvalue weighted by atomic mass is 10.2. The van der Waals surface area contributed by atoms with E-state index in [1.54, 1.807) is 11.8 Å². The summed E-state index contributed by atoms with van der Waals surface area (Å²) in [7, 11) is 0. The fourth-order valence-corrected chi connectivity index (χ4v) is 2.30. The van der Waals surface area contributed by atoms with Crippen molar-refractivity contribution >= 4 is 23.8 Å². The highest BCUT2D eigenvalue weighted by Gasteiger charge is 2.40. The molecule has 1 aliphatic rings. The van der Waals surface area contributed by atoms with E-state index in [4.69, 9.17) is 9.84 Å². The quantitative estimate of drug-likeness (QED) is 0.754. The van der Waals surface area contributed by atoms with E-state index in [9.17, 15) is 9.59 Å². The molecular formula is C10H15NO4S. The molecule has 5 nitrogen and oxygen atoms in total. The molecule has 6 heteroatoms. The number of ether oxygens (including phenoxy) is 1. The molecular weight excluding hydrogens is 230 g/mol. The fraction of sp³-hybridized carbons (Fsp3) is 0.600. The van der Waals surface area contributed by atoms with E-state index in [1.807, 2.05) is 6.26 Å². The molecule has 0 aliphatic carbocycles. The number of nitrogens with zero attached hydrogens (tertiary/aromatic N) is 1. The highest BCUT2D eigenvalue weighted by atomic mass is 32.2. The molecule has 1 fully saturated rings. The maximum atomic E-state index is 11.6. The summed E-state index contributed by atoms with van der Waals surface area (Å²) >= 11 is 1.57. The minimum atomic E-state index is -0.980. The first-order valence-corrected chi connectivity index (χ1v) is 6.18. The third-order valence-electron chi connectivity index (χ3n) is 2.44. The molecule has 0 aromatic heterocycles. The van der Waals surface area contributed by atoms with Crippen LogP contribution in [0.15, 0.2) is 12.7 Å². The lowest BCUT2D eigenvalue weighted by molar-refractivity contribution is -0.141. The molecule has 1 saturated heterocycles. The molecule has 0 radical (unpaired) electrons. The Balaban J connectivity index is 2.64. The zero-order valence-corrected chi connectivity index (χ0v) is 9.90. The van der Waals surface area contributed by atoms with Gasteiger partial charge < -0.3 is 9.84 Å². The van der Waals surface area contributed by atoms with E-state index < -0.39 is 18.1 Å². The smallest absolute Gasteiger partial charge is 0.410 e. The van der Waals surface area contributed by atoms with Crippen molar-refractivity contribution in [3.63, 3.8) is 0 Å². The zero-order chi connectivity index (χ0) is 12.1. The maximum absolute atomic E-state index is 11.6. The van der Waals surface area contributed by atoms with Gasteiger partial charge in [0.2, 0.25) is 0 Å². The first-order chi connectivity index (χ1) is 7.60. The predicted octanol–water partition coefficient (Wildman–Crippen LogP) is 1.20. The van der Waals surface area contributed by atoms with Crippen LogP contribution in [-0.4, -0.2) is 52.8 Å². The summed E-state index contributed by atoms with van der Waals surface area (Å²) < 4.78 is 4.84. The van der Waals surface area contributed by atoms with Crippen LogP contribution in [0.5, 0.6) is 0 Å². The van der Waals surface area contributed by atoms with Crippen molar-refractivity contribution in [2.75, 3.05) is 19.4 Å². The average Bonchev–Trinajstić information content (AvgIpc) is 2.70. The van der Waals surface area contributed by atoms with Crippen LogP contribution in [0.1, 0.15) is 6.42 Å². The summed E-state index contributed by atoms with van der Waals surface area (Å²) in [5, 5.41) is 9.16. The Labute approximate surface area is 98.4 Å². The number of amides is 1. The number of carboxylic acids is 1. The molecule has 1 heterocycles. The van der Waals surface area contributed by atoms with Gasteiger partial charge in [0.25, 0.3) is 0 Å². The highest BCUT2D eigenvalue weighted by Crippen LogP contribution is 2.26. The molecule has 0 aromatic rings. The summed E-state index contributed by atoms with van der Waals surface area (Å²) in [5.74, 6) is -0.980. The van der Waals surface area contributed by atoms with Crippen LogP contribution in [0.2, 0.25) is 0 Å². The minimum Gasteiger partial charge on any atom is -0.480 e. The van der Waals surface area contributed by atoms with Gasteiger partial charge in [0, 0.05) is 11.8 Å². The molecule has 0 aromatic carbocycles. The van der Waals surface area contributed by atoms with Gasteiger partial charge in [-0.05, 0) is 12.7 Å². The molecule has 1 aliphatic heterocycles. The lowest BCUT2D eigenvalue weighted by Crippen LogP contribution is -2.40. The molecule has 1 N–H and O–H groups in total.